The van der Waals surface area contributed by atoms with E-state index in [0.29, 0.717) is 19.7 Å². The summed E-state index contributed by atoms with van der Waals surface area (Å²) in [6.45, 7) is 14.3. The minimum absolute atomic E-state index is 0.348. The molecule has 0 aliphatic heterocycles. The van der Waals surface area contributed by atoms with Crippen LogP contribution in [0.2, 0.25) is 0 Å². The second kappa shape index (κ2) is 8.41. The third-order valence-electron chi connectivity index (χ3n) is 1.88. The molecule has 3 nitrogen and oxygen atoms in total. The number of ether oxygens (including phenoxy) is 1. The Hall–Kier alpha value is -0.900. The summed E-state index contributed by atoms with van der Waals surface area (Å²) >= 11 is 0. The first-order valence-corrected chi connectivity index (χ1v) is 5.03. The molecular formula is C12H21NO2. The molecule has 0 saturated heterocycles. The Balaban J connectivity index is 4.41. The Morgan fingerprint density at radius 3 is 2.07 bits per heavy atom. The van der Waals surface area contributed by atoms with E-state index in [4.69, 9.17) is 4.74 Å². The van der Waals surface area contributed by atoms with Gasteiger partial charge in [-0.1, -0.05) is 18.2 Å². The van der Waals surface area contributed by atoms with Gasteiger partial charge in [0.25, 0.3) is 0 Å². The molecule has 86 valence electrons. The van der Waals surface area contributed by atoms with E-state index >= 15 is 0 Å². The second-order valence-electron chi connectivity index (χ2n) is 3.28. The number of hydrogen-bond acceptors (Lipinski definition) is 3. The number of nitrogens with zero attached hydrogens (tertiary/aromatic N) is 1. The molecule has 0 aromatic rings. The van der Waals surface area contributed by atoms with Crippen molar-refractivity contribution in [1.29, 1.82) is 0 Å². The monoisotopic (exact) mass is 211 g/mol. The Labute approximate surface area is 92.4 Å². The van der Waals surface area contributed by atoms with Gasteiger partial charge in [0, 0.05) is 13.1 Å². The molecule has 0 heterocycles. The zero-order valence-corrected chi connectivity index (χ0v) is 9.43. The summed E-state index contributed by atoms with van der Waals surface area (Å²) in [7, 11) is 0. The first-order chi connectivity index (χ1) is 7.17. The van der Waals surface area contributed by atoms with Crippen LogP contribution in [-0.2, 0) is 4.74 Å². The van der Waals surface area contributed by atoms with E-state index in [1.807, 2.05) is 4.90 Å². The van der Waals surface area contributed by atoms with E-state index in [-0.39, 0.29) is 6.23 Å². The summed E-state index contributed by atoms with van der Waals surface area (Å²) < 4.78 is 5.48. The maximum atomic E-state index is 9.59. The van der Waals surface area contributed by atoms with Crippen molar-refractivity contribution in [2.75, 3.05) is 19.7 Å². The largest absolute Gasteiger partial charge is 0.389 e. The summed E-state index contributed by atoms with van der Waals surface area (Å²) in [5.41, 5.74) is 0. The van der Waals surface area contributed by atoms with Gasteiger partial charge in [-0.15, -0.1) is 19.7 Å². The highest BCUT2D eigenvalue weighted by molar-refractivity contribution is 4.83. The minimum Gasteiger partial charge on any atom is -0.389 e. The van der Waals surface area contributed by atoms with Gasteiger partial charge in [-0.25, -0.2) is 0 Å². The molecule has 0 aliphatic rings. The van der Waals surface area contributed by atoms with Crippen molar-refractivity contribution in [3.8, 4) is 0 Å². The quantitative estimate of drug-likeness (QED) is 0.464. The van der Waals surface area contributed by atoms with E-state index in [1.54, 1.807) is 25.2 Å². The third-order valence-corrected chi connectivity index (χ3v) is 1.88. The van der Waals surface area contributed by atoms with Crippen molar-refractivity contribution in [3.63, 3.8) is 0 Å². The molecule has 15 heavy (non-hydrogen) atoms. The summed E-state index contributed by atoms with van der Waals surface area (Å²) in [5, 5.41) is 9.59. The molecular weight excluding hydrogens is 190 g/mol. The molecule has 0 aliphatic carbocycles. The Morgan fingerprint density at radius 1 is 1.20 bits per heavy atom. The highest BCUT2D eigenvalue weighted by Crippen LogP contribution is 2.07. The topological polar surface area (TPSA) is 32.7 Å². The van der Waals surface area contributed by atoms with Crippen LogP contribution in [-0.4, -0.2) is 42.0 Å². The first kappa shape index (κ1) is 14.1. The van der Waals surface area contributed by atoms with Crippen LogP contribution < -0.4 is 0 Å². The fourth-order valence-electron chi connectivity index (χ4n) is 1.33. The molecule has 0 bridgehead atoms. The minimum atomic E-state index is -0.565. The van der Waals surface area contributed by atoms with Crippen LogP contribution in [0.25, 0.3) is 0 Å². The summed E-state index contributed by atoms with van der Waals surface area (Å²) in [6, 6.07) is 0. The Morgan fingerprint density at radius 2 is 1.73 bits per heavy atom. The van der Waals surface area contributed by atoms with Gasteiger partial charge in [-0.3, -0.25) is 4.90 Å². The molecule has 2 unspecified atom stereocenters. The molecule has 0 rings (SSSR count). The number of hydrogen-bond donors (Lipinski definition) is 1. The molecule has 2 atom stereocenters. The van der Waals surface area contributed by atoms with Crippen LogP contribution in [0.1, 0.15) is 6.92 Å². The zero-order valence-electron chi connectivity index (χ0n) is 9.43. The average Bonchev–Trinajstić information content (AvgIpc) is 2.18. The van der Waals surface area contributed by atoms with E-state index < -0.39 is 6.10 Å². The molecule has 0 amide bonds. The standard InChI is InChI=1S/C12H21NO2/c1-5-8-13(9-6-2)12(11(4)14)15-10-7-3/h5-7,11-12,14H,1-3,8-10H2,4H3. The van der Waals surface area contributed by atoms with E-state index in [9.17, 15) is 5.11 Å². The van der Waals surface area contributed by atoms with Crippen LogP contribution >= 0.6 is 0 Å². The number of rotatable bonds is 9. The van der Waals surface area contributed by atoms with Gasteiger partial charge in [-0.05, 0) is 6.92 Å². The van der Waals surface area contributed by atoms with Gasteiger partial charge >= 0.3 is 0 Å². The molecule has 3 heteroatoms. The predicted octanol–water partition coefficient (Wildman–Crippen LogP) is 1.57. The van der Waals surface area contributed by atoms with Crippen molar-refractivity contribution in [2.24, 2.45) is 0 Å². The lowest BCUT2D eigenvalue weighted by Gasteiger charge is -2.31. The highest BCUT2D eigenvalue weighted by atomic mass is 16.5. The second-order valence-corrected chi connectivity index (χ2v) is 3.28. The first-order valence-electron chi connectivity index (χ1n) is 5.03. The third kappa shape index (κ3) is 5.52. The maximum absolute atomic E-state index is 9.59. The maximum Gasteiger partial charge on any atom is 0.137 e. The van der Waals surface area contributed by atoms with Crippen molar-refractivity contribution in [2.45, 2.75) is 19.3 Å². The SMILES string of the molecule is C=CCOC(C(C)O)N(CC=C)CC=C. The summed E-state index contributed by atoms with van der Waals surface area (Å²) in [5.74, 6) is 0. The van der Waals surface area contributed by atoms with Gasteiger partial charge in [-0.2, -0.15) is 0 Å². The van der Waals surface area contributed by atoms with Gasteiger partial charge in [0.05, 0.1) is 12.7 Å². The van der Waals surface area contributed by atoms with Gasteiger partial charge in [0.15, 0.2) is 0 Å². The molecule has 0 aromatic heterocycles. The molecule has 1 N–H and O–H groups in total. The fourth-order valence-corrected chi connectivity index (χ4v) is 1.33. The van der Waals surface area contributed by atoms with Gasteiger partial charge < -0.3 is 9.84 Å². The molecule has 0 spiro atoms. The van der Waals surface area contributed by atoms with Crippen LogP contribution in [0.3, 0.4) is 0 Å². The van der Waals surface area contributed by atoms with Crippen LogP contribution in [0.4, 0.5) is 0 Å². The zero-order chi connectivity index (χ0) is 11.7. The molecule has 0 fully saturated rings. The normalized spacial score (nSPS) is 14.6. The van der Waals surface area contributed by atoms with Gasteiger partial charge in [0.2, 0.25) is 0 Å². The lowest BCUT2D eigenvalue weighted by Crippen LogP contribution is -2.44. The summed E-state index contributed by atoms with van der Waals surface area (Å²) in [4.78, 5) is 1.95. The molecule has 0 radical (unpaired) electrons. The predicted molar refractivity (Wildman–Crippen MR) is 63.6 cm³/mol. The summed E-state index contributed by atoms with van der Waals surface area (Å²) in [6.07, 6.45) is 4.30. The lowest BCUT2D eigenvalue weighted by molar-refractivity contribution is -0.103. The van der Waals surface area contributed by atoms with Crippen LogP contribution in [0.5, 0.6) is 0 Å². The number of aliphatic hydroxyl groups is 1. The number of aliphatic hydroxyl groups excluding tert-OH is 1. The van der Waals surface area contributed by atoms with Crippen LogP contribution in [0, 0.1) is 0 Å². The van der Waals surface area contributed by atoms with Crippen molar-refractivity contribution in [1.82, 2.24) is 4.90 Å². The average molecular weight is 211 g/mol. The molecule has 0 saturated carbocycles. The molecule has 0 aromatic carbocycles. The van der Waals surface area contributed by atoms with Crippen molar-refractivity contribution in [3.05, 3.63) is 38.0 Å². The Bertz CT molecular complexity index is 192. The smallest absolute Gasteiger partial charge is 0.137 e. The fraction of sp³-hybridized carbons (Fsp3) is 0.500. The van der Waals surface area contributed by atoms with E-state index in [1.165, 1.54) is 0 Å². The van der Waals surface area contributed by atoms with E-state index in [2.05, 4.69) is 19.7 Å². The highest BCUT2D eigenvalue weighted by Gasteiger charge is 2.21. The van der Waals surface area contributed by atoms with Gasteiger partial charge in [0.1, 0.15) is 6.23 Å². The van der Waals surface area contributed by atoms with Crippen molar-refractivity contribution < 1.29 is 9.84 Å². The lowest BCUT2D eigenvalue weighted by atomic mass is 10.3. The van der Waals surface area contributed by atoms with E-state index in [0.717, 1.165) is 0 Å². The van der Waals surface area contributed by atoms with Crippen LogP contribution in [0.15, 0.2) is 38.0 Å². The Kier molecular flexibility index (Phi) is 7.91. The van der Waals surface area contributed by atoms with Crippen molar-refractivity contribution >= 4 is 0 Å².